The van der Waals surface area contributed by atoms with E-state index in [1.54, 1.807) is 0 Å². The zero-order valence-electron chi connectivity index (χ0n) is 13.9. The molecular weight excluding hydrogens is 308 g/mol. The van der Waals surface area contributed by atoms with Crippen molar-refractivity contribution in [2.45, 2.75) is 64.8 Å². The SMILES string of the molecule is CCOC(CCO)O[C@H]1CC[C@H](OC(C)=O)[C@@H](COC(C)=O)O1. The largest absolute Gasteiger partial charge is 0.463 e. The van der Waals surface area contributed by atoms with Crippen molar-refractivity contribution >= 4 is 11.9 Å². The van der Waals surface area contributed by atoms with Gasteiger partial charge in [0, 0.05) is 39.9 Å². The lowest BCUT2D eigenvalue weighted by atomic mass is 10.0. The van der Waals surface area contributed by atoms with E-state index in [0.29, 0.717) is 25.9 Å². The molecule has 0 aromatic heterocycles. The first-order valence-electron chi connectivity index (χ1n) is 7.80. The Labute approximate surface area is 136 Å². The Hall–Kier alpha value is -1.22. The van der Waals surface area contributed by atoms with Crippen LogP contribution in [0.1, 0.15) is 40.0 Å². The molecule has 8 heteroatoms. The highest BCUT2D eigenvalue weighted by atomic mass is 16.8. The number of carbonyl (C=O) groups is 2. The quantitative estimate of drug-likeness (QED) is 0.487. The predicted molar refractivity (Wildman–Crippen MR) is 78.3 cm³/mol. The van der Waals surface area contributed by atoms with E-state index in [2.05, 4.69) is 0 Å². The molecule has 134 valence electrons. The lowest BCUT2D eigenvalue weighted by Gasteiger charge is -2.36. The van der Waals surface area contributed by atoms with Crippen LogP contribution in [0.4, 0.5) is 0 Å². The van der Waals surface area contributed by atoms with Gasteiger partial charge in [0.2, 0.25) is 0 Å². The highest BCUT2D eigenvalue weighted by Crippen LogP contribution is 2.25. The number of carbonyl (C=O) groups excluding carboxylic acids is 2. The molecule has 1 aliphatic rings. The zero-order valence-corrected chi connectivity index (χ0v) is 13.9. The molecule has 0 radical (unpaired) electrons. The molecule has 1 heterocycles. The van der Waals surface area contributed by atoms with Gasteiger partial charge in [0.15, 0.2) is 12.6 Å². The molecule has 0 aromatic carbocycles. The summed E-state index contributed by atoms with van der Waals surface area (Å²) < 4.78 is 27.0. The summed E-state index contributed by atoms with van der Waals surface area (Å²) in [6, 6.07) is 0. The van der Waals surface area contributed by atoms with Crippen molar-refractivity contribution in [3.63, 3.8) is 0 Å². The summed E-state index contributed by atoms with van der Waals surface area (Å²) in [5.41, 5.74) is 0. The Kier molecular flexibility index (Phi) is 9.08. The Morgan fingerprint density at radius 1 is 1.26 bits per heavy atom. The fourth-order valence-electron chi connectivity index (χ4n) is 2.28. The van der Waals surface area contributed by atoms with Gasteiger partial charge in [-0.25, -0.2) is 0 Å². The lowest BCUT2D eigenvalue weighted by Crippen LogP contribution is -2.46. The van der Waals surface area contributed by atoms with Crippen LogP contribution in [-0.4, -0.2) is 61.7 Å². The molecule has 0 amide bonds. The fraction of sp³-hybridized carbons (Fsp3) is 0.867. The Bertz CT molecular complexity index is 366. The molecule has 0 aliphatic carbocycles. The minimum atomic E-state index is -0.599. The van der Waals surface area contributed by atoms with Crippen LogP contribution in [0.3, 0.4) is 0 Å². The molecule has 23 heavy (non-hydrogen) atoms. The van der Waals surface area contributed by atoms with Gasteiger partial charge in [-0.3, -0.25) is 9.59 Å². The van der Waals surface area contributed by atoms with Crippen molar-refractivity contribution in [3.8, 4) is 0 Å². The topological polar surface area (TPSA) is 101 Å². The second-order valence-electron chi connectivity index (χ2n) is 5.17. The zero-order chi connectivity index (χ0) is 17.2. The average molecular weight is 334 g/mol. The summed E-state index contributed by atoms with van der Waals surface area (Å²) >= 11 is 0. The predicted octanol–water partition coefficient (Wildman–Crippen LogP) is 0.748. The molecule has 1 saturated heterocycles. The minimum Gasteiger partial charge on any atom is -0.463 e. The number of aliphatic hydroxyl groups excluding tert-OH is 1. The van der Waals surface area contributed by atoms with Crippen LogP contribution < -0.4 is 0 Å². The molecule has 1 aliphatic heterocycles. The summed E-state index contributed by atoms with van der Waals surface area (Å²) in [6.45, 7) is 4.80. The molecule has 0 aromatic rings. The van der Waals surface area contributed by atoms with Crippen molar-refractivity contribution in [1.29, 1.82) is 0 Å². The maximum Gasteiger partial charge on any atom is 0.302 e. The smallest absolute Gasteiger partial charge is 0.302 e. The monoisotopic (exact) mass is 334 g/mol. The van der Waals surface area contributed by atoms with Crippen molar-refractivity contribution in [1.82, 2.24) is 0 Å². The molecule has 1 fully saturated rings. The summed E-state index contributed by atoms with van der Waals surface area (Å²) in [6.07, 6.45) is -0.888. The van der Waals surface area contributed by atoms with Gasteiger partial charge in [0.05, 0.1) is 0 Å². The van der Waals surface area contributed by atoms with Gasteiger partial charge in [-0.1, -0.05) is 0 Å². The van der Waals surface area contributed by atoms with Crippen LogP contribution in [0.15, 0.2) is 0 Å². The van der Waals surface area contributed by atoms with Crippen molar-refractivity contribution in [3.05, 3.63) is 0 Å². The van der Waals surface area contributed by atoms with Crippen LogP contribution in [0.2, 0.25) is 0 Å². The molecule has 1 rings (SSSR count). The van der Waals surface area contributed by atoms with E-state index < -0.39 is 36.7 Å². The van der Waals surface area contributed by atoms with E-state index in [1.165, 1.54) is 13.8 Å². The van der Waals surface area contributed by atoms with Gasteiger partial charge < -0.3 is 28.8 Å². The second-order valence-corrected chi connectivity index (χ2v) is 5.17. The molecule has 0 saturated carbocycles. The van der Waals surface area contributed by atoms with Crippen molar-refractivity contribution in [2.75, 3.05) is 19.8 Å². The first kappa shape index (κ1) is 19.8. The number of hydrogen-bond donors (Lipinski definition) is 1. The first-order valence-corrected chi connectivity index (χ1v) is 7.80. The van der Waals surface area contributed by atoms with Gasteiger partial charge in [-0.15, -0.1) is 0 Å². The number of rotatable bonds is 9. The van der Waals surface area contributed by atoms with E-state index in [1.807, 2.05) is 6.92 Å². The molecule has 0 spiro atoms. The summed E-state index contributed by atoms with van der Waals surface area (Å²) in [5.74, 6) is -0.857. The van der Waals surface area contributed by atoms with E-state index in [0.717, 1.165) is 0 Å². The van der Waals surface area contributed by atoms with Gasteiger partial charge in [-0.05, 0) is 13.3 Å². The third-order valence-corrected chi connectivity index (χ3v) is 3.22. The van der Waals surface area contributed by atoms with Crippen LogP contribution in [-0.2, 0) is 33.3 Å². The molecule has 8 nitrogen and oxygen atoms in total. The van der Waals surface area contributed by atoms with Crippen LogP contribution in [0.25, 0.3) is 0 Å². The molecule has 1 unspecified atom stereocenters. The Morgan fingerprint density at radius 3 is 2.57 bits per heavy atom. The van der Waals surface area contributed by atoms with E-state index in [9.17, 15) is 9.59 Å². The number of hydrogen-bond acceptors (Lipinski definition) is 8. The number of ether oxygens (including phenoxy) is 5. The van der Waals surface area contributed by atoms with Gasteiger partial charge >= 0.3 is 11.9 Å². The summed E-state index contributed by atoms with van der Waals surface area (Å²) in [4.78, 5) is 22.1. The van der Waals surface area contributed by atoms with Gasteiger partial charge in [0.1, 0.15) is 18.8 Å². The van der Waals surface area contributed by atoms with Crippen LogP contribution in [0.5, 0.6) is 0 Å². The van der Waals surface area contributed by atoms with E-state index in [-0.39, 0.29) is 13.2 Å². The number of aliphatic hydroxyl groups is 1. The van der Waals surface area contributed by atoms with E-state index in [4.69, 9.17) is 28.8 Å². The number of esters is 2. The summed E-state index contributed by atoms with van der Waals surface area (Å²) in [7, 11) is 0. The van der Waals surface area contributed by atoms with E-state index >= 15 is 0 Å². The molecule has 1 N–H and O–H groups in total. The summed E-state index contributed by atoms with van der Waals surface area (Å²) in [5, 5.41) is 9.02. The molecule has 0 bridgehead atoms. The first-order chi connectivity index (χ1) is 11.0. The third-order valence-electron chi connectivity index (χ3n) is 3.22. The highest BCUT2D eigenvalue weighted by Gasteiger charge is 2.35. The van der Waals surface area contributed by atoms with Crippen LogP contribution in [0, 0.1) is 0 Å². The Morgan fingerprint density at radius 2 is 2.00 bits per heavy atom. The molecule has 4 atom stereocenters. The standard InChI is InChI=1S/C15H26O8/c1-4-19-14(7-8-16)23-15-6-5-12(21-11(3)18)13(22-15)9-20-10(2)17/h12-16H,4-9H2,1-3H3/t12-,13+,14?,15-/m0/s1. The maximum atomic E-state index is 11.2. The van der Waals surface area contributed by atoms with Crippen LogP contribution >= 0.6 is 0 Å². The van der Waals surface area contributed by atoms with Gasteiger partial charge in [0.25, 0.3) is 0 Å². The highest BCUT2D eigenvalue weighted by molar-refractivity contribution is 5.66. The minimum absolute atomic E-state index is 0.0214. The Balaban J connectivity index is 2.60. The van der Waals surface area contributed by atoms with Gasteiger partial charge in [-0.2, -0.15) is 0 Å². The normalized spacial score (nSPS) is 25.7. The lowest BCUT2D eigenvalue weighted by molar-refractivity contribution is -0.291. The van der Waals surface area contributed by atoms with Crippen molar-refractivity contribution < 1.29 is 38.4 Å². The average Bonchev–Trinajstić information content (AvgIpc) is 2.47. The molecular formula is C15H26O8. The third kappa shape index (κ3) is 7.74. The fourth-order valence-corrected chi connectivity index (χ4v) is 2.28. The second kappa shape index (κ2) is 10.5. The van der Waals surface area contributed by atoms with Crippen molar-refractivity contribution in [2.24, 2.45) is 0 Å². The maximum absolute atomic E-state index is 11.2.